The molecule has 0 aliphatic rings. The monoisotopic (exact) mass is 336 g/mol. The number of carbonyl (C=O) groups excluding carboxylic acids is 2. The van der Waals surface area contributed by atoms with Gasteiger partial charge in [-0.3, -0.25) is 9.59 Å². The van der Waals surface area contributed by atoms with Gasteiger partial charge in [-0.15, -0.1) is 0 Å². The summed E-state index contributed by atoms with van der Waals surface area (Å²) in [7, 11) is 0. The molecule has 0 bridgehead atoms. The number of aryl methyl sites for hydroxylation is 1. The maximum Gasteiger partial charge on any atom is 0.252 e. The number of nitrogens with one attached hydrogen (secondary N) is 1. The standard InChI is InChI=1S/C20H17FN2O2/c1-12-6-7-13(21)10-18(12)16-8-9-17(20(25)23-11-19(22)24)15-5-3-2-4-14(15)16/h2-10H,11H2,1H3,(H2,22,24)(H,23,25). The van der Waals surface area contributed by atoms with E-state index in [2.05, 4.69) is 5.32 Å². The van der Waals surface area contributed by atoms with Crippen molar-refractivity contribution in [1.29, 1.82) is 0 Å². The highest BCUT2D eigenvalue weighted by Gasteiger charge is 2.14. The lowest BCUT2D eigenvalue weighted by Gasteiger charge is -2.13. The number of rotatable bonds is 4. The zero-order valence-electron chi connectivity index (χ0n) is 13.7. The van der Waals surface area contributed by atoms with Gasteiger partial charge < -0.3 is 11.1 Å². The van der Waals surface area contributed by atoms with Crippen LogP contribution in [0, 0.1) is 12.7 Å². The largest absolute Gasteiger partial charge is 0.368 e. The Labute approximate surface area is 144 Å². The van der Waals surface area contributed by atoms with Crippen LogP contribution < -0.4 is 11.1 Å². The molecule has 3 aromatic carbocycles. The van der Waals surface area contributed by atoms with Gasteiger partial charge in [0.2, 0.25) is 5.91 Å². The van der Waals surface area contributed by atoms with Crippen molar-refractivity contribution in [2.75, 3.05) is 6.54 Å². The molecule has 0 unspecified atom stereocenters. The summed E-state index contributed by atoms with van der Waals surface area (Å²) >= 11 is 0. The van der Waals surface area contributed by atoms with Gasteiger partial charge in [0.15, 0.2) is 0 Å². The van der Waals surface area contributed by atoms with Gasteiger partial charge in [0, 0.05) is 5.56 Å². The van der Waals surface area contributed by atoms with Crippen LogP contribution in [0.3, 0.4) is 0 Å². The number of fused-ring (bicyclic) bond motifs is 1. The van der Waals surface area contributed by atoms with Crippen LogP contribution >= 0.6 is 0 Å². The number of halogens is 1. The second kappa shape index (κ2) is 6.73. The fourth-order valence-electron chi connectivity index (χ4n) is 2.88. The van der Waals surface area contributed by atoms with Crippen molar-refractivity contribution in [1.82, 2.24) is 5.32 Å². The highest BCUT2D eigenvalue weighted by molar-refractivity contribution is 6.11. The molecule has 3 aromatic rings. The van der Waals surface area contributed by atoms with Crippen molar-refractivity contribution in [2.45, 2.75) is 6.92 Å². The molecule has 4 nitrogen and oxygen atoms in total. The van der Waals surface area contributed by atoms with Crippen LogP contribution in [0.1, 0.15) is 15.9 Å². The first kappa shape index (κ1) is 16.6. The third-order valence-corrected chi connectivity index (χ3v) is 4.08. The molecule has 2 amide bonds. The number of hydrogen-bond donors (Lipinski definition) is 2. The van der Waals surface area contributed by atoms with E-state index >= 15 is 0 Å². The van der Waals surface area contributed by atoms with Gasteiger partial charge in [0.05, 0.1) is 6.54 Å². The quantitative estimate of drug-likeness (QED) is 0.768. The first-order valence-corrected chi connectivity index (χ1v) is 7.82. The molecule has 0 aliphatic carbocycles. The molecule has 0 aliphatic heterocycles. The highest BCUT2D eigenvalue weighted by atomic mass is 19.1. The molecule has 3 rings (SSSR count). The van der Waals surface area contributed by atoms with E-state index in [1.807, 2.05) is 31.2 Å². The van der Waals surface area contributed by atoms with Crippen molar-refractivity contribution in [3.05, 3.63) is 71.5 Å². The van der Waals surface area contributed by atoms with Gasteiger partial charge in [0.25, 0.3) is 5.91 Å². The molecule has 25 heavy (non-hydrogen) atoms. The van der Waals surface area contributed by atoms with Gasteiger partial charge in [-0.05, 0) is 52.6 Å². The van der Waals surface area contributed by atoms with Crippen LogP contribution in [-0.2, 0) is 4.79 Å². The van der Waals surface area contributed by atoms with Crippen molar-refractivity contribution in [3.8, 4) is 11.1 Å². The van der Waals surface area contributed by atoms with Gasteiger partial charge in [0.1, 0.15) is 5.82 Å². The number of benzene rings is 3. The second-order valence-electron chi connectivity index (χ2n) is 5.81. The zero-order valence-corrected chi connectivity index (χ0v) is 13.7. The Bertz CT molecular complexity index is 983. The fourth-order valence-corrected chi connectivity index (χ4v) is 2.88. The Kier molecular flexibility index (Phi) is 4.48. The van der Waals surface area contributed by atoms with E-state index in [9.17, 15) is 14.0 Å². The van der Waals surface area contributed by atoms with E-state index in [-0.39, 0.29) is 18.3 Å². The van der Waals surface area contributed by atoms with Crippen LogP contribution in [0.5, 0.6) is 0 Å². The average Bonchev–Trinajstić information content (AvgIpc) is 2.61. The Morgan fingerprint density at radius 2 is 1.72 bits per heavy atom. The van der Waals surface area contributed by atoms with Gasteiger partial charge in [-0.2, -0.15) is 0 Å². The minimum atomic E-state index is -0.607. The molecule has 126 valence electrons. The summed E-state index contributed by atoms with van der Waals surface area (Å²) in [6.45, 7) is 1.69. The van der Waals surface area contributed by atoms with Crippen LogP contribution in [0.15, 0.2) is 54.6 Å². The smallest absolute Gasteiger partial charge is 0.252 e. The maximum absolute atomic E-state index is 13.7. The maximum atomic E-state index is 13.7. The fraction of sp³-hybridized carbons (Fsp3) is 0.100. The summed E-state index contributed by atoms with van der Waals surface area (Å²) in [6.07, 6.45) is 0. The summed E-state index contributed by atoms with van der Waals surface area (Å²) in [5, 5.41) is 4.06. The first-order valence-electron chi connectivity index (χ1n) is 7.82. The lowest BCUT2D eigenvalue weighted by molar-refractivity contribution is -0.117. The summed E-state index contributed by atoms with van der Waals surface area (Å²) < 4.78 is 13.7. The molecule has 0 heterocycles. The number of nitrogens with two attached hydrogens (primary N) is 1. The van der Waals surface area contributed by atoms with Crippen LogP contribution in [-0.4, -0.2) is 18.4 Å². The average molecular weight is 336 g/mol. The van der Waals surface area contributed by atoms with Gasteiger partial charge in [-0.1, -0.05) is 36.4 Å². The van der Waals surface area contributed by atoms with E-state index < -0.39 is 5.91 Å². The van der Waals surface area contributed by atoms with Crippen molar-refractivity contribution in [3.63, 3.8) is 0 Å². The van der Waals surface area contributed by atoms with E-state index in [0.29, 0.717) is 5.56 Å². The van der Waals surface area contributed by atoms with E-state index in [1.54, 1.807) is 18.2 Å². The molecule has 0 atom stereocenters. The summed E-state index contributed by atoms with van der Waals surface area (Å²) in [5.41, 5.74) is 8.08. The molecule has 0 spiro atoms. The number of hydrogen-bond acceptors (Lipinski definition) is 2. The van der Waals surface area contributed by atoms with E-state index in [1.165, 1.54) is 12.1 Å². The van der Waals surface area contributed by atoms with E-state index in [4.69, 9.17) is 5.73 Å². The number of amides is 2. The summed E-state index contributed by atoms with van der Waals surface area (Å²) in [4.78, 5) is 23.2. The SMILES string of the molecule is Cc1ccc(F)cc1-c1ccc(C(=O)NCC(N)=O)c2ccccc12. The van der Waals surface area contributed by atoms with Crippen LogP contribution in [0.25, 0.3) is 21.9 Å². The Balaban J connectivity index is 2.15. The topological polar surface area (TPSA) is 72.2 Å². The van der Waals surface area contributed by atoms with E-state index in [0.717, 1.165) is 27.5 Å². The molecular formula is C20H17FN2O2. The molecule has 3 N–H and O–H groups in total. The lowest BCUT2D eigenvalue weighted by atomic mass is 9.92. The van der Waals surface area contributed by atoms with Crippen LogP contribution in [0.4, 0.5) is 4.39 Å². The van der Waals surface area contributed by atoms with Gasteiger partial charge >= 0.3 is 0 Å². The normalized spacial score (nSPS) is 10.6. The summed E-state index contributed by atoms with van der Waals surface area (Å²) in [6, 6.07) is 15.5. The highest BCUT2D eigenvalue weighted by Crippen LogP contribution is 2.33. The third-order valence-electron chi connectivity index (χ3n) is 4.08. The molecule has 0 saturated heterocycles. The predicted octanol–water partition coefficient (Wildman–Crippen LogP) is 3.17. The Morgan fingerprint density at radius 3 is 2.44 bits per heavy atom. The second-order valence-corrected chi connectivity index (χ2v) is 5.81. The van der Waals surface area contributed by atoms with Crippen molar-refractivity contribution >= 4 is 22.6 Å². The Morgan fingerprint density at radius 1 is 1.00 bits per heavy atom. The van der Waals surface area contributed by atoms with Crippen molar-refractivity contribution < 1.29 is 14.0 Å². The minimum absolute atomic E-state index is 0.224. The predicted molar refractivity (Wildman–Crippen MR) is 95.6 cm³/mol. The Hall–Kier alpha value is -3.21. The number of carbonyl (C=O) groups is 2. The summed E-state index contributed by atoms with van der Waals surface area (Å²) in [5.74, 6) is -1.30. The van der Waals surface area contributed by atoms with Crippen molar-refractivity contribution in [2.24, 2.45) is 5.73 Å². The molecular weight excluding hydrogens is 319 g/mol. The number of primary amides is 1. The lowest BCUT2D eigenvalue weighted by Crippen LogP contribution is -2.33. The van der Waals surface area contributed by atoms with Crippen LogP contribution in [0.2, 0.25) is 0 Å². The first-order chi connectivity index (χ1) is 12.0. The molecule has 0 saturated carbocycles. The zero-order chi connectivity index (χ0) is 18.0. The van der Waals surface area contributed by atoms with Gasteiger partial charge in [-0.25, -0.2) is 4.39 Å². The molecule has 5 heteroatoms. The molecule has 0 radical (unpaired) electrons. The minimum Gasteiger partial charge on any atom is -0.368 e. The molecule has 0 fully saturated rings. The molecule has 0 aromatic heterocycles. The third kappa shape index (κ3) is 3.35.